The highest BCUT2D eigenvalue weighted by Gasteiger charge is 2.07. The number of benzene rings is 1. The molecule has 0 aromatic heterocycles. The third-order valence-electron chi connectivity index (χ3n) is 2.56. The van der Waals surface area contributed by atoms with Crippen molar-refractivity contribution in [1.82, 2.24) is 0 Å². The van der Waals surface area contributed by atoms with E-state index in [-0.39, 0.29) is 16.9 Å². The lowest BCUT2D eigenvalue weighted by atomic mass is 9.98. The van der Waals surface area contributed by atoms with Gasteiger partial charge in [-0.15, -0.1) is 0 Å². The largest absolute Gasteiger partial charge is 0.328 e. The van der Waals surface area contributed by atoms with Gasteiger partial charge in [0.1, 0.15) is 5.82 Å². The molecule has 0 aliphatic rings. The van der Waals surface area contributed by atoms with Gasteiger partial charge in [0, 0.05) is 6.04 Å². The number of rotatable bonds is 5. The van der Waals surface area contributed by atoms with Gasteiger partial charge in [-0.1, -0.05) is 31.5 Å². The summed E-state index contributed by atoms with van der Waals surface area (Å²) in [6, 6.07) is 5.14. The Kier molecular flexibility index (Phi) is 5.23. The van der Waals surface area contributed by atoms with Crippen molar-refractivity contribution in [3.63, 3.8) is 0 Å². The van der Waals surface area contributed by atoms with Crippen LogP contribution < -0.4 is 5.73 Å². The molecule has 0 heterocycles. The first-order chi connectivity index (χ1) is 7.49. The summed E-state index contributed by atoms with van der Waals surface area (Å²) in [5, 5.41) is 0.176. The molecule has 0 saturated carbocycles. The van der Waals surface area contributed by atoms with Crippen molar-refractivity contribution in [2.75, 3.05) is 0 Å². The Hall–Kier alpha value is -0.600. The maximum absolute atomic E-state index is 13.2. The van der Waals surface area contributed by atoms with Crippen molar-refractivity contribution in [2.45, 2.75) is 39.2 Å². The average molecular weight is 244 g/mol. The fourth-order valence-electron chi connectivity index (χ4n) is 1.77. The van der Waals surface area contributed by atoms with Gasteiger partial charge in [-0.25, -0.2) is 4.39 Å². The second kappa shape index (κ2) is 6.21. The topological polar surface area (TPSA) is 26.0 Å². The minimum absolute atomic E-state index is 0.176. The lowest BCUT2D eigenvalue weighted by Gasteiger charge is -2.13. The second-order valence-corrected chi connectivity index (χ2v) is 5.08. The SMILES string of the molecule is CC(C)CC(N)CCc1ccc(Cl)c(F)c1. The van der Waals surface area contributed by atoms with Crippen molar-refractivity contribution in [2.24, 2.45) is 11.7 Å². The summed E-state index contributed by atoms with van der Waals surface area (Å²) in [4.78, 5) is 0. The van der Waals surface area contributed by atoms with E-state index in [9.17, 15) is 4.39 Å². The molecule has 0 saturated heterocycles. The fourth-order valence-corrected chi connectivity index (χ4v) is 1.89. The summed E-state index contributed by atoms with van der Waals surface area (Å²) in [5.74, 6) is 0.258. The number of hydrogen-bond donors (Lipinski definition) is 1. The first kappa shape index (κ1) is 13.5. The van der Waals surface area contributed by atoms with Crippen LogP contribution in [0.5, 0.6) is 0 Å². The van der Waals surface area contributed by atoms with E-state index in [4.69, 9.17) is 17.3 Å². The summed E-state index contributed by atoms with van der Waals surface area (Å²) >= 11 is 5.61. The summed E-state index contributed by atoms with van der Waals surface area (Å²) in [6.07, 6.45) is 2.71. The molecular weight excluding hydrogens is 225 g/mol. The molecule has 2 N–H and O–H groups in total. The van der Waals surface area contributed by atoms with E-state index in [1.807, 2.05) is 6.07 Å². The lowest BCUT2D eigenvalue weighted by molar-refractivity contribution is 0.473. The molecule has 3 heteroatoms. The normalized spacial score (nSPS) is 13.1. The molecule has 1 atom stereocenters. The molecule has 0 bridgehead atoms. The van der Waals surface area contributed by atoms with Gasteiger partial charge in [-0.3, -0.25) is 0 Å². The third kappa shape index (κ3) is 4.50. The molecule has 1 aromatic carbocycles. The highest BCUT2D eigenvalue weighted by atomic mass is 35.5. The molecule has 1 unspecified atom stereocenters. The maximum atomic E-state index is 13.2. The number of halogens is 2. The Morgan fingerprint density at radius 1 is 1.38 bits per heavy atom. The molecule has 0 aliphatic carbocycles. The van der Waals surface area contributed by atoms with Gasteiger partial charge < -0.3 is 5.73 Å². The molecular formula is C13H19ClFN. The van der Waals surface area contributed by atoms with E-state index in [0.29, 0.717) is 5.92 Å². The smallest absolute Gasteiger partial charge is 0.142 e. The van der Waals surface area contributed by atoms with Gasteiger partial charge in [0.05, 0.1) is 5.02 Å². The Balaban J connectivity index is 2.45. The van der Waals surface area contributed by atoms with Crippen LogP contribution in [0.25, 0.3) is 0 Å². The summed E-state index contributed by atoms with van der Waals surface area (Å²) in [7, 11) is 0. The van der Waals surface area contributed by atoms with Crippen LogP contribution in [-0.2, 0) is 6.42 Å². The zero-order valence-corrected chi connectivity index (χ0v) is 10.6. The van der Waals surface area contributed by atoms with Crippen LogP contribution in [0, 0.1) is 11.7 Å². The zero-order chi connectivity index (χ0) is 12.1. The molecule has 1 aromatic rings. The monoisotopic (exact) mass is 243 g/mol. The van der Waals surface area contributed by atoms with Crippen molar-refractivity contribution in [3.05, 3.63) is 34.6 Å². The molecule has 90 valence electrons. The van der Waals surface area contributed by atoms with Crippen LogP contribution in [-0.4, -0.2) is 6.04 Å². The van der Waals surface area contributed by atoms with Gasteiger partial charge in [0.15, 0.2) is 0 Å². The van der Waals surface area contributed by atoms with E-state index >= 15 is 0 Å². The molecule has 0 radical (unpaired) electrons. The van der Waals surface area contributed by atoms with Crippen molar-refractivity contribution < 1.29 is 4.39 Å². The second-order valence-electron chi connectivity index (χ2n) is 4.68. The Bertz CT molecular complexity index is 339. The van der Waals surface area contributed by atoms with Crippen LogP contribution in [0.2, 0.25) is 5.02 Å². The standard InChI is InChI=1S/C13H19ClFN/c1-9(2)7-11(16)5-3-10-4-6-12(14)13(15)8-10/h4,6,8-9,11H,3,5,7,16H2,1-2H3. The van der Waals surface area contributed by atoms with E-state index in [1.54, 1.807) is 6.07 Å². The van der Waals surface area contributed by atoms with Crippen molar-refractivity contribution in [1.29, 1.82) is 0 Å². The summed E-state index contributed by atoms with van der Waals surface area (Å²) < 4.78 is 13.2. The van der Waals surface area contributed by atoms with Crippen LogP contribution in [0.3, 0.4) is 0 Å². The lowest BCUT2D eigenvalue weighted by Crippen LogP contribution is -2.22. The summed E-state index contributed by atoms with van der Waals surface area (Å²) in [6.45, 7) is 4.31. The van der Waals surface area contributed by atoms with Crippen LogP contribution >= 0.6 is 11.6 Å². The molecule has 0 aliphatic heterocycles. The zero-order valence-electron chi connectivity index (χ0n) is 9.84. The van der Waals surface area contributed by atoms with Gasteiger partial charge >= 0.3 is 0 Å². The van der Waals surface area contributed by atoms with E-state index in [1.165, 1.54) is 6.07 Å². The van der Waals surface area contributed by atoms with Gasteiger partial charge in [-0.05, 0) is 42.9 Å². The van der Waals surface area contributed by atoms with E-state index in [2.05, 4.69) is 13.8 Å². The number of nitrogens with two attached hydrogens (primary N) is 1. The first-order valence-electron chi connectivity index (χ1n) is 5.68. The van der Waals surface area contributed by atoms with E-state index < -0.39 is 0 Å². The molecule has 1 nitrogen and oxygen atoms in total. The van der Waals surface area contributed by atoms with Gasteiger partial charge in [0.25, 0.3) is 0 Å². The molecule has 16 heavy (non-hydrogen) atoms. The Morgan fingerprint density at radius 3 is 2.62 bits per heavy atom. The van der Waals surface area contributed by atoms with Crippen molar-refractivity contribution in [3.8, 4) is 0 Å². The molecule has 0 fully saturated rings. The van der Waals surface area contributed by atoms with Gasteiger partial charge in [-0.2, -0.15) is 0 Å². The third-order valence-corrected chi connectivity index (χ3v) is 2.87. The predicted octanol–water partition coefficient (Wildman–Crippen LogP) is 3.79. The fraction of sp³-hybridized carbons (Fsp3) is 0.538. The summed E-state index contributed by atoms with van der Waals surface area (Å²) in [5.41, 5.74) is 6.93. The van der Waals surface area contributed by atoms with Crippen LogP contribution in [0.4, 0.5) is 4.39 Å². The predicted molar refractivity (Wildman–Crippen MR) is 67.2 cm³/mol. The first-order valence-corrected chi connectivity index (χ1v) is 6.06. The van der Waals surface area contributed by atoms with Crippen LogP contribution in [0.15, 0.2) is 18.2 Å². The number of hydrogen-bond acceptors (Lipinski definition) is 1. The van der Waals surface area contributed by atoms with Crippen LogP contribution in [0.1, 0.15) is 32.3 Å². The number of aryl methyl sites for hydroxylation is 1. The Labute approximate surface area is 102 Å². The highest BCUT2D eigenvalue weighted by molar-refractivity contribution is 6.30. The minimum Gasteiger partial charge on any atom is -0.328 e. The average Bonchev–Trinajstić information content (AvgIpc) is 2.19. The molecule has 0 spiro atoms. The molecule has 1 rings (SSSR count). The highest BCUT2D eigenvalue weighted by Crippen LogP contribution is 2.17. The Morgan fingerprint density at radius 2 is 2.06 bits per heavy atom. The quantitative estimate of drug-likeness (QED) is 0.837. The minimum atomic E-state index is -0.350. The van der Waals surface area contributed by atoms with Gasteiger partial charge in [0.2, 0.25) is 0 Å². The van der Waals surface area contributed by atoms with Crippen molar-refractivity contribution >= 4 is 11.6 Å². The van der Waals surface area contributed by atoms with E-state index in [0.717, 1.165) is 24.8 Å². The maximum Gasteiger partial charge on any atom is 0.142 e. The molecule has 0 amide bonds.